The average molecular weight is 457 g/mol. The Kier molecular flexibility index (Phi) is 5.75. The Morgan fingerprint density at radius 2 is 2.03 bits per heavy atom. The molecule has 2 fully saturated rings. The Balaban J connectivity index is 1.28. The number of aromatic nitrogens is 4. The summed E-state index contributed by atoms with van der Waals surface area (Å²) in [4.78, 5) is 38.6. The zero-order valence-corrected chi connectivity index (χ0v) is 19.3. The normalized spacial score (nSPS) is 22.6. The van der Waals surface area contributed by atoms with Gasteiger partial charge < -0.3 is 10.6 Å². The van der Waals surface area contributed by atoms with Crippen molar-refractivity contribution >= 4 is 17.5 Å². The van der Waals surface area contributed by atoms with E-state index in [1.807, 2.05) is 13.0 Å². The van der Waals surface area contributed by atoms with Gasteiger partial charge in [0.15, 0.2) is 0 Å². The van der Waals surface area contributed by atoms with Crippen LogP contribution in [0, 0.1) is 24.2 Å². The van der Waals surface area contributed by atoms with E-state index in [0.29, 0.717) is 23.6 Å². The van der Waals surface area contributed by atoms with Crippen molar-refractivity contribution in [1.29, 1.82) is 0 Å². The summed E-state index contributed by atoms with van der Waals surface area (Å²) in [5.41, 5.74) is 5.67. The molecule has 5 rings (SSSR count). The number of allylic oxidation sites excluding steroid dienone is 1. The van der Waals surface area contributed by atoms with Crippen molar-refractivity contribution in [2.24, 2.45) is 17.3 Å². The summed E-state index contributed by atoms with van der Waals surface area (Å²) in [5.74, 6) is 1.10. The Morgan fingerprint density at radius 3 is 2.76 bits per heavy atom. The molecule has 3 aromatic heterocycles. The predicted molar refractivity (Wildman–Crippen MR) is 127 cm³/mol. The van der Waals surface area contributed by atoms with E-state index in [9.17, 15) is 9.59 Å². The van der Waals surface area contributed by atoms with E-state index in [0.717, 1.165) is 36.8 Å². The van der Waals surface area contributed by atoms with Gasteiger partial charge in [0, 0.05) is 18.9 Å². The molecule has 0 saturated heterocycles. The van der Waals surface area contributed by atoms with Gasteiger partial charge in [0.25, 0.3) is 11.8 Å². The lowest BCUT2D eigenvalue weighted by molar-refractivity contribution is 0.0917. The molecule has 2 atom stereocenters. The first kappa shape index (κ1) is 22.0. The maximum Gasteiger partial charge on any atom is 0.271 e. The summed E-state index contributed by atoms with van der Waals surface area (Å²) in [7, 11) is 0. The van der Waals surface area contributed by atoms with Gasteiger partial charge in [-0.1, -0.05) is 12.6 Å². The Hall–Kier alpha value is -3.77. The summed E-state index contributed by atoms with van der Waals surface area (Å²) < 4.78 is 1.67. The highest BCUT2D eigenvalue weighted by molar-refractivity contribution is 5.95. The molecule has 0 aromatic carbocycles. The third-order valence-corrected chi connectivity index (χ3v) is 6.98. The lowest BCUT2D eigenvalue weighted by Crippen LogP contribution is -2.37. The molecule has 174 valence electrons. The lowest BCUT2D eigenvalue weighted by atomic mass is 9.79. The maximum atomic E-state index is 13.1. The molecule has 0 radical (unpaired) electrons. The molecule has 3 aromatic rings. The second-order valence-electron chi connectivity index (χ2n) is 9.56. The average Bonchev–Trinajstić information content (AvgIpc) is 3.25. The molecule has 2 aliphatic rings. The van der Waals surface area contributed by atoms with E-state index < -0.39 is 0 Å². The van der Waals surface area contributed by atoms with Gasteiger partial charge in [-0.3, -0.25) is 24.0 Å². The first-order chi connectivity index (χ1) is 16.5. The maximum absolute atomic E-state index is 13.1. The fraction of sp³-hybridized carbons (Fsp3) is 0.385. The molecule has 2 aliphatic carbocycles. The summed E-state index contributed by atoms with van der Waals surface area (Å²) in [6.45, 7) is 6.41. The number of nitrogens with one attached hydrogen (secondary N) is 2. The van der Waals surface area contributed by atoms with Gasteiger partial charge in [-0.15, -0.1) is 5.73 Å². The molecular formula is C26H28N6O2. The van der Waals surface area contributed by atoms with Crippen molar-refractivity contribution in [3.8, 4) is 0 Å². The number of hydrogen-bond acceptors (Lipinski definition) is 5. The number of carbonyl (C=O) groups is 2. The SMILES string of the molecule is C=C=CCC1(CNC(=O)c2cccc3nc(C(=O)NCc4cnc(C)cn4)cn23)CC2CC2C1. The molecule has 3 heterocycles. The number of aryl methyl sites for hydroxylation is 1. The summed E-state index contributed by atoms with van der Waals surface area (Å²) in [5, 5.41) is 5.95. The zero-order valence-electron chi connectivity index (χ0n) is 19.3. The zero-order chi connectivity index (χ0) is 23.7. The summed E-state index contributed by atoms with van der Waals surface area (Å²) >= 11 is 0. The Labute approximate surface area is 198 Å². The fourth-order valence-corrected chi connectivity index (χ4v) is 5.11. The molecule has 8 heteroatoms. The lowest BCUT2D eigenvalue weighted by Gasteiger charge is -2.30. The molecule has 0 bridgehead atoms. The minimum atomic E-state index is -0.335. The molecule has 2 amide bonds. The quantitative estimate of drug-likeness (QED) is 0.507. The van der Waals surface area contributed by atoms with E-state index >= 15 is 0 Å². The van der Waals surface area contributed by atoms with Crippen LogP contribution in [0.4, 0.5) is 0 Å². The van der Waals surface area contributed by atoms with E-state index in [4.69, 9.17) is 0 Å². The third kappa shape index (κ3) is 4.50. The van der Waals surface area contributed by atoms with Crippen LogP contribution in [0.15, 0.2) is 55.2 Å². The summed E-state index contributed by atoms with van der Waals surface area (Å²) in [6.07, 6.45) is 11.4. The number of hydrogen-bond donors (Lipinski definition) is 2. The molecule has 8 nitrogen and oxygen atoms in total. The van der Waals surface area contributed by atoms with Gasteiger partial charge in [0.1, 0.15) is 17.0 Å². The van der Waals surface area contributed by atoms with E-state index in [2.05, 4.69) is 37.9 Å². The molecule has 2 saturated carbocycles. The van der Waals surface area contributed by atoms with Gasteiger partial charge in [-0.2, -0.15) is 0 Å². The molecule has 2 unspecified atom stereocenters. The van der Waals surface area contributed by atoms with Gasteiger partial charge in [0.2, 0.25) is 0 Å². The number of fused-ring (bicyclic) bond motifs is 2. The first-order valence-electron chi connectivity index (χ1n) is 11.6. The number of imidazole rings is 1. The fourth-order valence-electron chi connectivity index (χ4n) is 5.11. The highest BCUT2D eigenvalue weighted by Gasteiger charge is 2.53. The predicted octanol–water partition coefficient (Wildman–Crippen LogP) is 3.24. The molecule has 0 spiro atoms. The molecule has 0 aliphatic heterocycles. The Bertz CT molecular complexity index is 1280. The number of nitrogens with zero attached hydrogens (tertiary/aromatic N) is 4. The second kappa shape index (κ2) is 8.88. The molecular weight excluding hydrogens is 428 g/mol. The van der Waals surface area contributed by atoms with Gasteiger partial charge in [0.05, 0.1) is 24.1 Å². The van der Waals surface area contributed by atoms with E-state index in [-0.39, 0.29) is 29.5 Å². The molecule has 2 N–H and O–H groups in total. The van der Waals surface area contributed by atoms with Gasteiger partial charge in [-0.25, -0.2) is 4.98 Å². The van der Waals surface area contributed by atoms with E-state index in [1.54, 1.807) is 41.2 Å². The number of amides is 2. The number of rotatable bonds is 8. The van der Waals surface area contributed by atoms with Gasteiger partial charge >= 0.3 is 0 Å². The Morgan fingerprint density at radius 1 is 1.21 bits per heavy atom. The van der Waals surface area contributed by atoms with Crippen LogP contribution in [0.5, 0.6) is 0 Å². The minimum Gasteiger partial charge on any atom is -0.350 e. The van der Waals surface area contributed by atoms with Crippen LogP contribution in [-0.2, 0) is 6.54 Å². The number of pyridine rings is 1. The number of carbonyl (C=O) groups excluding carboxylic acids is 2. The van der Waals surface area contributed by atoms with Crippen LogP contribution in [0.2, 0.25) is 0 Å². The van der Waals surface area contributed by atoms with Crippen molar-refractivity contribution in [3.05, 3.63) is 78.0 Å². The largest absolute Gasteiger partial charge is 0.350 e. The highest BCUT2D eigenvalue weighted by Crippen LogP contribution is 2.61. The monoisotopic (exact) mass is 456 g/mol. The third-order valence-electron chi connectivity index (χ3n) is 6.98. The van der Waals surface area contributed by atoms with Crippen molar-refractivity contribution in [2.45, 2.75) is 39.2 Å². The standard InChI is InChI=1S/C26H28N6O2/c1-3-4-8-26(10-18-9-19(18)11-26)16-30-25(34)22-6-5-7-23-31-21(15-32(22)23)24(33)29-14-20-13-27-17(2)12-28-20/h4-7,12-13,15,18-19H,1,8-11,14,16H2,2H3,(H,29,33)(H,30,34). The van der Waals surface area contributed by atoms with Crippen molar-refractivity contribution in [2.75, 3.05) is 6.54 Å². The van der Waals surface area contributed by atoms with Crippen LogP contribution in [0.25, 0.3) is 5.65 Å². The topological polar surface area (TPSA) is 101 Å². The van der Waals surface area contributed by atoms with Crippen molar-refractivity contribution in [3.63, 3.8) is 0 Å². The minimum absolute atomic E-state index is 0.0840. The van der Waals surface area contributed by atoms with Gasteiger partial charge in [-0.05, 0) is 68.1 Å². The summed E-state index contributed by atoms with van der Waals surface area (Å²) in [6, 6.07) is 5.30. The highest BCUT2D eigenvalue weighted by atomic mass is 16.2. The van der Waals surface area contributed by atoms with Crippen LogP contribution >= 0.6 is 0 Å². The van der Waals surface area contributed by atoms with Crippen LogP contribution in [0.1, 0.15) is 58.0 Å². The first-order valence-corrected chi connectivity index (χ1v) is 11.6. The molecule has 34 heavy (non-hydrogen) atoms. The smallest absolute Gasteiger partial charge is 0.271 e. The van der Waals surface area contributed by atoms with Crippen LogP contribution in [-0.4, -0.2) is 37.7 Å². The van der Waals surface area contributed by atoms with Crippen molar-refractivity contribution in [1.82, 2.24) is 30.0 Å². The second-order valence-corrected chi connectivity index (χ2v) is 9.56. The van der Waals surface area contributed by atoms with E-state index in [1.165, 1.54) is 6.42 Å². The van der Waals surface area contributed by atoms with Crippen molar-refractivity contribution < 1.29 is 9.59 Å². The van der Waals surface area contributed by atoms with Crippen LogP contribution in [0.3, 0.4) is 0 Å². The van der Waals surface area contributed by atoms with Crippen LogP contribution < -0.4 is 10.6 Å².